The van der Waals surface area contributed by atoms with Gasteiger partial charge in [0.25, 0.3) is 0 Å². The van der Waals surface area contributed by atoms with Gasteiger partial charge in [-0.2, -0.15) is 0 Å². The van der Waals surface area contributed by atoms with Crippen molar-refractivity contribution >= 4 is 16.7 Å². The minimum atomic E-state index is -1.60. The number of anilines is 1. The predicted octanol–water partition coefficient (Wildman–Crippen LogP) is 2.15. The Morgan fingerprint density at radius 1 is 0.963 bits per heavy atom. The molecule has 0 atom stereocenters. The lowest BCUT2D eigenvalue weighted by Gasteiger charge is -2.36. The molecule has 1 aromatic heterocycles. The number of aliphatic hydroxyl groups is 2. The van der Waals surface area contributed by atoms with Crippen LogP contribution in [0.25, 0.3) is 22.3 Å². The highest BCUT2D eigenvalue weighted by molar-refractivity contribution is 5.86. The standard InChI is InChI=1S/C20H19NO6/c22-15-6-5-14-16(23)11-17(27-19(14)18(15)24)12-1-3-13(4-2-12)21-9-7-20(25,26)8-10-21/h1-6,11,22,24-26H,7-10H2. The maximum atomic E-state index is 12.3. The third-order valence-corrected chi connectivity index (χ3v) is 4.93. The third kappa shape index (κ3) is 3.22. The van der Waals surface area contributed by atoms with E-state index in [2.05, 4.69) is 4.90 Å². The average Bonchev–Trinajstić information content (AvgIpc) is 2.65. The number of hydrogen-bond acceptors (Lipinski definition) is 7. The molecule has 1 aliphatic heterocycles. The second-order valence-electron chi connectivity index (χ2n) is 6.80. The molecule has 2 heterocycles. The van der Waals surface area contributed by atoms with Gasteiger partial charge in [0.1, 0.15) is 5.76 Å². The molecule has 0 amide bonds. The maximum Gasteiger partial charge on any atom is 0.201 e. The fourth-order valence-electron chi connectivity index (χ4n) is 3.30. The molecule has 0 unspecified atom stereocenters. The van der Waals surface area contributed by atoms with Crippen LogP contribution in [0.5, 0.6) is 11.5 Å². The molecular weight excluding hydrogens is 350 g/mol. The Kier molecular flexibility index (Phi) is 4.05. The lowest BCUT2D eigenvalue weighted by molar-refractivity contribution is -0.172. The van der Waals surface area contributed by atoms with Gasteiger partial charge in [0.15, 0.2) is 22.5 Å². The van der Waals surface area contributed by atoms with Gasteiger partial charge in [-0.15, -0.1) is 0 Å². The molecule has 0 aliphatic carbocycles. The molecule has 7 nitrogen and oxygen atoms in total. The van der Waals surface area contributed by atoms with Crippen LogP contribution in [0.4, 0.5) is 5.69 Å². The van der Waals surface area contributed by atoms with Gasteiger partial charge in [-0.05, 0) is 36.4 Å². The van der Waals surface area contributed by atoms with Crippen LogP contribution in [0, 0.1) is 0 Å². The predicted molar refractivity (Wildman–Crippen MR) is 99.9 cm³/mol. The Morgan fingerprint density at radius 3 is 2.30 bits per heavy atom. The lowest BCUT2D eigenvalue weighted by atomic mass is 10.0. The molecule has 0 saturated carbocycles. The molecule has 1 fully saturated rings. The van der Waals surface area contributed by atoms with E-state index in [1.54, 1.807) is 12.1 Å². The minimum Gasteiger partial charge on any atom is -0.504 e. The second-order valence-corrected chi connectivity index (χ2v) is 6.80. The van der Waals surface area contributed by atoms with E-state index < -0.39 is 11.5 Å². The van der Waals surface area contributed by atoms with Crippen LogP contribution in [-0.2, 0) is 0 Å². The Morgan fingerprint density at radius 2 is 1.63 bits per heavy atom. The first kappa shape index (κ1) is 17.4. The van der Waals surface area contributed by atoms with Gasteiger partial charge in [0.2, 0.25) is 5.75 Å². The quantitative estimate of drug-likeness (QED) is 0.404. The van der Waals surface area contributed by atoms with E-state index in [-0.39, 0.29) is 40.7 Å². The highest BCUT2D eigenvalue weighted by atomic mass is 16.5. The zero-order chi connectivity index (χ0) is 19.2. The monoisotopic (exact) mass is 369 g/mol. The molecule has 7 heteroatoms. The number of phenolic OH excluding ortho intramolecular Hbond substituents is 2. The van der Waals surface area contributed by atoms with E-state index in [0.29, 0.717) is 18.7 Å². The smallest absolute Gasteiger partial charge is 0.201 e. The van der Waals surface area contributed by atoms with Crippen LogP contribution in [-0.4, -0.2) is 39.3 Å². The molecule has 0 bridgehead atoms. The summed E-state index contributed by atoms with van der Waals surface area (Å²) in [6.07, 6.45) is 0.550. The molecule has 140 valence electrons. The summed E-state index contributed by atoms with van der Waals surface area (Å²) >= 11 is 0. The molecule has 27 heavy (non-hydrogen) atoms. The summed E-state index contributed by atoms with van der Waals surface area (Å²) in [4.78, 5) is 14.4. The second kappa shape index (κ2) is 6.29. The first-order valence-electron chi connectivity index (χ1n) is 8.63. The van der Waals surface area contributed by atoms with E-state index in [4.69, 9.17) is 4.42 Å². The Balaban J connectivity index is 1.66. The first-order chi connectivity index (χ1) is 12.8. The summed E-state index contributed by atoms with van der Waals surface area (Å²) in [6, 6.07) is 11.3. The number of rotatable bonds is 2. The number of benzene rings is 2. The summed E-state index contributed by atoms with van der Waals surface area (Å²) in [5.41, 5.74) is 1.21. The van der Waals surface area contributed by atoms with Crippen molar-refractivity contribution < 1.29 is 24.8 Å². The van der Waals surface area contributed by atoms with Gasteiger partial charge in [-0.25, -0.2) is 0 Å². The van der Waals surface area contributed by atoms with Crippen molar-refractivity contribution in [3.05, 3.63) is 52.7 Å². The fourth-order valence-corrected chi connectivity index (χ4v) is 3.30. The number of nitrogens with zero attached hydrogens (tertiary/aromatic N) is 1. The minimum absolute atomic E-state index is 0.0557. The molecule has 3 aromatic rings. The Labute approximate surface area is 154 Å². The summed E-state index contributed by atoms with van der Waals surface area (Å²) in [5, 5.41) is 39.1. The van der Waals surface area contributed by atoms with Gasteiger partial charge in [-0.3, -0.25) is 4.79 Å². The molecule has 4 rings (SSSR count). The van der Waals surface area contributed by atoms with E-state index >= 15 is 0 Å². The fraction of sp³-hybridized carbons (Fsp3) is 0.250. The van der Waals surface area contributed by atoms with E-state index in [0.717, 1.165) is 5.69 Å². The van der Waals surface area contributed by atoms with Crippen LogP contribution in [0.15, 0.2) is 51.7 Å². The number of aromatic hydroxyl groups is 2. The van der Waals surface area contributed by atoms with Crippen LogP contribution in [0.1, 0.15) is 12.8 Å². The summed E-state index contributed by atoms with van der Waals surface area (Å²) in [6.45, 7) is 1.06. The molecule has 1 saturated heterocycles. The third-order valence-electron chi connectivity index (χ3n) is 4.93. The molecule has 0 radical (unpaired) electrons. The summed E-state index contributed by atoms with van der Waals surface area (Å²) in [5.74, 6) is -2.14. The number of fused-ring (bicyclic) bond motifs is 1. The number of hydrogen-bond donors (Lipinski definition) is 4. The molecular formula is C20H19NO6. The molecule has 1 aliphatic rings. The molecule has 0 spiro atoms. The molecule has 2 aromatic carbocycles. The van der Waals surface area contributed by atoms with Crippen LogP contribution in [0.3, 0.4) is 0 Å². The van der Waals surface area contributed by atoms with Gasteiger partial charge in [0.05, 0.1) is 5.39 Å². The van der Waals surface area contributed by atoms with Crippen LogP contribution >= 0.6 is 0 Å². The van der Waals surface area contributed by atoms with E-state index in [1.807, 2.05) is 12.1 Å². The Bertz CT molecular complexity index is 1040. The average molecular weight is 369 g/mol. The first-order valence-corrected chi connectivity index (χ1v) is 8.63. The topological polar surface area (TPSA) is 114 Å². The van der Waals surface area contributed by atoms with Crippen molar-refractivity contribution in [1.29, 1.82) is 0 Å². The van der Waals surface area contributed by atoms with Crippen molar-refractivity contribution in [3.8, 4) is 22.8 Å². The largest absolute Gasteiger partial charge is 0.504 e. The van der Waals surface area contributed by atoms with Crippen LogP contribution < -0.4 is 10.3 Å². The van der Waals surface area contributed by atoms with Crippen molar-refractivity contribution in [2.75, 3.05) is 18.0 Å². The number of phenols is 2. The SMILES string of the molecule is O=c1cc(-c2ccc(N3CCC(O)(O)CC3)cc2)oc2c(O)c(O)ccc12. The normalized spacial score (nSPS) is 16.6. The van der Waals surface area contributed by atoms with Gasteiger partial charge in [0, 0.05) is 43.2 Å². The van der Waals surface area contributed by atoms with Crippen LogP contribution in [0.2, 0.25) is 0 Å². The van der Waals surface area contributed by atoms with Gasteiger partial charge in [-0.1, -0.05) is 0 Å². The highest BCUT2D eigenvalue weighted by Crippen LogP contribution is 2.34. The van der Waals surface area contributed by atoms with Gasteiger partial charge < -0.3 is 29.7 Å². The van der Waals surface area contributed by atoms with Crippen molar-refractivity contribution in [2.45, 2.75) is 18.6 Å². The summed E-state index contributed by atoms with van der Waals surface area (Å²) in [7, 11) is 0. The number of piperidine rings is 1. The van der Waals surface area contributed by atoms with Crippen molar-refractivity contribution in [3.63, 3.8) is 0 Å². The lowest BCUT2D eigenvalue weighted by Crippen LogP contribution is -2.44. The van der Waals surface area contributed by atoms with Crippen molar-refractivity contribution in [1.82, 2.24) is 0 Å². The van der Waals surface area contributed by atoms with Gasteiger partial charge >= 0.3 is 0 Å². The van der Waals surface area contributed by atoms with E-state index in [1.165, 1.54) is 18.2 Å². The zero-order valence-corrected chi connectivity index (χ0v) is 14.4. The zero-order valence-electron chi connectivity index (χ0n) is 14.4. The van der Waals surface area contributed by atoms with Crippen molar-refractivity contribution in [2.24, 2.45) is 0 Å². The molecule has 4 N–H and O–H groups in total. The maximum absolute atomic E-state index is 12.3. The Hall–Kier alpha value is -3.03. The van der Waals surface area contributed by atoms with E-state index in [9.17, 15) is 25.2 Å². The highest BCUT2D eigenvalue weighted by Gasteiger charge is 2.29. The summed E-state index contributed by atoms with van der Waals surface area (Å²) < 4.78 is 5.66.